The number of halogens is 3. The van der Waals surface area contributed by atoms with Gasteiger partial charge in [0.1, 0.15) is 13.2 Å². The molecule has 0 spiro atoms. The first-order valence-electron chi connectivity index (χ1n) is 7.81. The van der Waals surface area contributed by atoms with Crippen LogP contribution in [0.1, 0.15) is 21.5 Å². The molecule has 0 radical (unpaired) electrons. The van der Waals surface area contributed by atoms with E-state index in [0.717, 1.165) is 5.56 Å². The molecule has 27 heavy (non-hydrogen) atoms. The molecule has 144 valence electrons. The first-order chi connectivity index (χ1) is 12.7. The molecule has 0 saturated carbocycles. The molecule has 0 heterocycles. The number of amides is 1. The molecule has 0 bridgehead atoms. The molecule has 0 fully saturated rings. The van der Waals surface area contributed by atoms with Crippen LogP contribution < -0.4 is 15.4 Å². The Balaban J connectivity index is 2.20. The Morgan fingerprint density at radius 1 is 1.19 bits per heavy atom. The molecule has 0 unspecified atom stereocenters. The van der Waals surface area contributed by atoms with E-state index in [1.165, 1.54) is 12.1 Å². The van der Waals surface area contributed by atoms with Crippen LogP contribution in [0.3, 0.4) is 0 Å². The lowest BCUT2D eigenvalue weighted by Gasteiger charge is -2.14. The van der Waals surface area contributed by atoms with Crippen molar-refractivity contribution in [3.63, 3.8) is 0 Å². The van der Waals surface area contributed by atoms with Gasteiger partial charge >= 0.3 is 5.97 Å². The van der Waals surface area contributed by atoms with Gasteiger partial charge in [0.15, 0.2) is 11.6 Å². The van der Waals surface area contributed by atoms with E-state index in [1.54, 1.807) is 19.2 Å². The highest BCUT2D eigenvalue weighted by Crippen LogP contribution is 2.35. The number of carboxylic acid groups (broad SMARTS) is 1. The maximum Gasteiger partial charge on any atom is 0.322 e. The van der Waals surface area contributed by atoms with Crippen molar-refractivity contribution >= 4 is 40.8 Å². The summed E-state index contributed by atoms with van der Waals surface area (Å²) < 4.78 is 19.9. The number of ether oxygens (including phenoxy) is 1. The molecular formula is C18H17Cl2FN2O4. The number of hydrogen-bond acceptors (Lipinski definition) is 4. The summed E-state index contributed by atoms with van der Waals surface area (Å²) in [6.45, 7) is 1.17. The lowest BCUT2D eigenvalue weighted by molar-refractivity contribution is -0.135. The van der Waals surface area contributed by atoms with Crippen LogP contribution in [0.2, 0.25) is 10.0 Å². The minimum absolute atomic E-state index is 0.0462. The molecule has 2 rings (SSSR count). The zero-order valence-corrected chi connectivity index (χ0v) is 16.0. The van der Waals surface area contributed by atoms with Gasteiger partial charge in [-0.2, -0.15) is 0 Å². The SMILES string of the molecule is CNc1cc(C)cc(COc2c(Cl)cc(C(=O)NCC(=O)O)cc2Cl)c1F. The van der Waals surface area contributed by atoms with Gasteiger partial charge in [-0.25, -0.2) is 4.39 Å². The monoisotopic (exact) mass is 414 g/mol. The minimum Gasteiger partial charge on any atom is -0.486 e. The smallest absolute Gasteiger partial charge is 0.322 e. The van der Waals surface area contributed by atoms with E-state index in [9.17, 15) is 14.0 Å². The molecule has 0 aliphatic heterocycles. The minimum atomic E-state index is -1.18. The summed E-state index contributed by atoms with van der Waals surface area (Å²) in [5.41, 5.74) is 1.59. The molecule has 2 aromatic carbocycles. The predicted octanol–water partition coefficient (Wildman–Crippen LogP) is 3.88. The first kappa shape index (κ1) is 20.8. The number of carboxylic acids is 1. The van der Waals surface area contributed by atoms with Crippen molar-refractivity contribution in [2.24, 2.45) is 0 Å². The summed E-state index contributed by atoms with van der Waals surface area (Å²) in [6, 6.07) is 5.91. The lowest BCUT2D eigenvalue weighted by Crippen LogP contribution is -2.29. The largest absolute Gasteiger partial charge is 0.486 e. The van der Waals surface area contributed by atoms with Crippen LogP contribution in [0.5, 0.6) is 5.75 Å². The van der Waals surface area contributed by atoms with Crippen molar-refractivity contribution < 1.29 is 23.8 Å². The lowest BCUT2D eigenvalue weighted by atomic mass is 10.1. The van der Waals surface area contributed by atoms with E-state index in [-0.39, 0.29) is 28.0 Å². The normalized spacial score (nSPS) is 10.4. The Labute approximate surface area is 165 Å². The second-order valence-electron chi connectivity index (χ2n) is 5.67. The van der Waals surface area contributed by atoms with Crippen LogP contribution >= 0.6 is 23.2 Å². The molecule has 0 aliphatic rings. The van der Waals surface area contributed by atoms with Gasteiger partial charge in [0, 0.05) is 18.2 Å². The zero-order valence-electron chi connectivity index (χ0n) is 14.5. The Bertz CT molecular complexity index is 867. The number of rotatable bonds is 7. The van der Waals surface area contributed by atoms with Crippen LogP contribution in [0.4, 0.5) is 10.1 Å². The predicted molar refractivity (Wildman–Crippen MR) is 101 cm³/mol. The van der Waals surface area contributed by atoms with Crippen molar-refractivity contribution in [1.82, 2.24) is 5.32 Å². The summed E-state index contributed by atoms with van der Waals surface area (Å²) in [5.74, 6) is -2.17. The molecule has 9 heteroatoms. The van der Waals surface area contributed by atoms with Crippen molar-refractivity contribution in [3.8, 4) is 5.75 Å². The highest BCUT2D eigenvalue weighted by atomic mass is 35.5. The van der Waals surface area contributed by atoms with E-state index >= 15 is 0 Å². The first-order valence-corrected chi connectivity index (χ1v) is 8.57. The number of hydrogen-bond donors (Lipinski definition) is 3. The number of aryl methyl sites for hydroxylation is 1. The van der Waals surface area contributed by atoms with Gasteiger partial charge in [-0.05, 0) is 36.8 Å². The molecular weight excluding hydrogens is 398 g/mol. The Hall–Kier alpha value is -2.51. The quantitative estimate of drug-likeness (QED) is 0.639. The van der Waals surface area contributed by atoms with E-state index < -0.39 is 24.2 Å². The van der Waals surface area contributed by atoms with Crippen LogP contribution in [0, 0.1) is 12.7 Å². The Morgan fingerprint density at radius 2 is 1.81 bits per heavy atom. The summed E-state index contributed by atoms with van der Waals surface area (Å²) >= 11 is 12.3. The topological polar surface area (TPSA) is 87.7 Å². The molecule has 0 aromatic heterocycles. The third-order valence-electron chi connectivity index (χ3n) is 3.59. The van der Waals surface area contributed by atoms with Gasteiger partial charge in [0.25, 0.3) is 5.91 Å². The van der Waals surface area contributed by atoms with Crippen LogP contribution in [-0.4, -0.2) is 30.6 Å². The fourth-order valence-electron chi connectivity index (χ4n) is 2.37. The van der Waals surface area contributed by atoms with Crippen molar-refractivity contribution in [3.05, 3.63) is 56.8 Å². The summed E-state index contributed by atoms with van der Waals surface area (Å²) in [4.78, 5) is 22.4. The number of carbonyl (C=O) groups excluding carboxylic acids is 1. The molecule has 0 saturated heterocycles. The average Bonchev–Trinajstić information content (AvgIpc) is 2.61. The van der Waals surface area contributed by atoms with Crippen LogP contribution in [-0.2, 0) is 11.4 Å². The van der Waals surface area contributed by atoms with Gasteiger partial charge in [-0.3, -0.25) is 9.59 Å². The van der Waals surface area contributed by atoms with E-state index in [0.29, 0.717) is 11.3 Å². The molecule has 1 amide bonds. The maximum atomic E-state index is 14.4. The number of carbonyl (C=O) groups is 2. The number of nitrogens with one attached hydrogen (secondary N) is 2. The third-order valence-corrected chi connectivity index (χ3v) is 4.16. The summed E-state index contributed by atoms with van der Waals surface area (Å²) in [5, 5.41) is 13.7. The second-order valence-corrected chi connectivity index (χ2v) is 6.48. The fraction of sp³-hybridized carbons (Fsp3) is 0.222. The van der Waals surface area contributed by atoms with Gasteiger partial charge in [0.2, 0.25) is 0 Å². The zero-order chi connectivity index (χ0) is 20.1. The van der Waals surface area contributed by atoms with E-state index in [1.807, 2.05) is 6.92 Å². The van der Waals surface area contributed by atoms with Gasteiger partial charge in [0.05, 0.1) is 15.7 Å². The summed E-state index contributed by atoms with van der Waals surface area (Å²) in [7, 11) is 1.62. The second kappa shape index (κ2) is 8.92. The molecule has 0 atom stereocenters. The Kier molecular flexibility index (Phi) is 6.87. The number of aliphatic carboxylic acids is 1. The van der Waals surface area contributed by atoms with Gasteiger partial charge in [-0.1, -0.05) is 23.2 Å². The average molecular weight is 415 g/mol. The van der Waals surface area contributed by atoms with Crippen molar-refractivity contribution in [2.45, 2.75) is 13.5 Å². The summed E-state index contributed by atoms with van der Waals surface area (Å²) in [6.07, 6.45) is 0. The van der Waals surface area contributed by atoms with Gasteiger partial charge in [-0.15, -0.1) is 0 Å². The Morgan fingerprint density at radius 3 is 2.37 bits per heavy atom. The standard InChI is InChI=1S/C18H17Cl2FN2O4/c1-9-3-11(16(21)14(4-9)22-2)8-27-17-12(19)5-10(6-13(17)20)18(26)23-7-15(24)25/h3-6,22H,7-8H2,1-2H3,(H,23,26)(H,24,25). The van der Waals surface area contributed by atoms with Crippen molar-refractivity contribution in [1.29, 1.82) is 0 Å². The maximum absolute atomic E-state index is 14.4. The van der Waals surface area contributed by atoms with Crippen LogP contribution in [0.15, 0.2) is 24.3 Å². The fourth-order valence-corrected chi connectivity index (χ4v) is 2.96. The van der Waals surface area contributed by atoms with Crippen LogP contribution in [0.25, 0.3) is 0 Å². The number of benzene rings is 2. The molecule has 3 N–H and O–H groups in total. The molecule has 6 nitrogen and oxygen atoms in total. The van der Waals surface area contributed by atoms with E-state index in [2.05, 4.69) is 10.6 Å². The molecule has 0 aliphatic carbocycles. The highest BCUT2D eigenvalue weighted by molar-refractivity contribution is 6.37. The number of anilines is 1. The van der Waals surface area contributed by atoms with Crippen molar-refractivity contribution in [2.75, 3.05) is 18.9 Å². The van der Waals surface area contributed by atoms with Gasteiger partial charge < -0.3 is 20.5 Å². The highest BCUT2D eigenvalue weighted by Gasteiger charge is 2.16. The molecule has 2 aromatic rings. The third kappa shape index (κ3) is 5.24. The van der Waals surface area contributed by atoms with E-state index in [4.69, 9.17) is 33.0 Å².